The predicted molar refractivity (Wildman–Crippen MR) is 199 cm³/mol. The molecule has 3 aromatic carbocycles. The summed E-state index contributed by atoms with van der Waals surface area (Å²) in [5.74, 6) is 0.949. The van der Waals surface area contributed by atoms with Crippen molar-refractivity contribution in [2.24, 2.45) is 5.92 Å². The zero-order valence-corrected chi connectivity index (χ0v) is 29.4. The average Bonchev–Trinajstić information content (AvgIpc) is 3.64. The van der Waals surface area contributed by atoms with Gasteiger partial charge in [0.2, 0.25) is 0 Å². The molecule has 2 atom stereocenters. The second-order valence-corrected chi connectivity index (χ2v) is 10.6. The van der Waals surface area contributed by atoms with E-state index in [0.29, 0.717) is 11.8 Å². The van der Waals surface area contributed by atoms with Crippen LogP contribution in [0.15, 0.2) is 97.1 Å². The second kappa shape index (κ2) is 20.5. The average molecular weight is 577 g/mol. The molecule has 2 unspecified atom stereocenters. The Balaban J connectivity index is 0.000000934. The fourth-order valence-electron chi connectivity index (χ4n) is 5.60. The molecule has 0 saturated heterocycles. The third-order valence-corrected chi connectivity index (χ3v) is 7.24. The van der Waals surface area contributed by atoms with E-state index in [1.807, 2.05) is 41.5 Å². The molecule has 0 saturated carbocycles. The van der Waals surface area contributed by atoms with E-state index in [-0.39, 0.29) is 0 Å². The molecule has 0 heterocycles. The Kier molecular flexibility index (Phi) is 18.0. The van der Waals surface area contributed by atoms with Crippen molar-refractivity contribution in [2.45, 2.75) is 108 Å². The summed E-state index contributed by atoms with van der Waals surface area (Å²) in [6, 6.07) is 24.7. The van der Waals surface area contributed by atoms with Crippen molar-refractivity contribution in [3.63, 3.8) is 0 Å². The van der Waals surface area contributed by atoms with Gasteiger partial charge in [0.25, 0.3) is 0 Å². The van der Waals surface area contributed by atoms with E-state index >= 15 is 0 Å². The molecule has 0 aromatic heterocycles. The molecule has 0 amide bonds. The first-order valence-corrected chi connectivity index (χ1v) is 17.0. The molecular formula is C43H60. The standard InChI is InChI=1S/C34H34.C3H8.3C2H6/c1-5-9-27-22-29-10-8-13-30(23(2)3)34(29)33(27)21-25-15-18-26(19-16-25)31-11-6-7-12-32(31)28-17-14-24(4)20-28;1-3-2;3*1-2/h6-8,10-20,22,24,33H,2,5,9,21H2,1,3-4H3;3H2,1-2H3;3*1-2H3. The van der Waals surface area contributed by atoms with E-state index in [1.165, 1.54) is 57.4 Å². The molecule has 5 rings (SSSR count). The van der Waals surface area contributed by atoms with Crippen LogP contribution in [-0.4, -0.2) is 0 Å². The largest absolute Gasteiger partial charge is 0.0955 e. The molecule has 0 bridgehead atoms. The van der Waals surface area contributed by atoms with Gasteiger partial charge in [0.05, 0.1) is 0 Å². The van der Waals surface area contributed by atoms with Gasteiger partial charge in [-0.3, -0.25) is 0 Å². The minimum absolute atomic E-state index is 0.441. The lowest BCUT2D eigenvalue weighted by atomic mass is 9.83. The fraction of sp³-hybridized carbons (Fsp3) is 0.395. The molecule has 43 heavy (non-hydrogen) atoms. The molecule has 0 nitrogen and oxygen atoms in total. The van der Waals surface area contributed by atoms with Crippen LogP contribution in [-0.2, 0) is 6.42 Å². The molecule has 0 N–H and O–H groups in total. The van der Waals surface area contributed by atoms with Gasteiger partial charge in [-0.2, -0.15) is 0 Å². The van der Waals surface area contributed by atoms with Gasteiger partial charge in [0.15, 0.2) is 0 Å². The van der Waals surface area contributed by atoms with Gasteiger partial charge in [0.1, 0.15) is 0 Å². The monoisotopic (exact) mass is 576 g/mol. The van der Waals surface area contributed by atoms with Crippen LogP contribution in [0.4, 0.5) is 0 Å². The topological polar surface area (TPSA) is 0 Å². The zero-order valence-electron chi connectivity index (χ0n) is 29.4. The summed E-state index contributed by atoms with van der Waals surface area (Å²) in [5.41, 5.74) is 13.5. The molecular weight excluding hydrogens is 516 g/mol. The lowest BCUT2D eigenvalue weighted by Gasteiger charge is -2.20. The lowest BCUT2D eigenvalue weighted by molar-refractivity contribution is 0.739. The minimum Gasteiger partial charge on any atom is -0.0955 e. The first-order chi connectivity index (χ1) is 21.0. The third-order valence-electron chi connectivity index (χ3n) is 7.24. The van der Waals surface area contributed by atoms with Crippen LogP contribution in [0.25, 0.3) is 28.3 Å². The van der Waals surface area contributed by atoms with Gasteiger partial charge in [-0.15, -0.1) is 0 Å². The maximum atomic E-state index is 4.27. The molecule has 2 aliphatic carbocycles. The highest BCUT2D eigenvalue weighted by Gasteiger charge is 2.27. The molecule has 2 aliphatic rings. The van der Waals surface area contributed by atoms with E-state index in [2.05, 4.69) is 132 Å². The Labute approximate surface area is 266 Å². The van der Waals surface area contributed by atoms with Crippen molar-refractivity contribution in [1.82, 2.24) is 0 Å². The summed E-state index contributed by atoms with van der Waals surface area (Å²) in [7, 11) is 0. The van der Waals surface area contributed by atoms with Gasteiger partial charge in [-0.1, -0.05) is 191 Å². The van der Waals surface area contributed by atoms with E-state index in [4.69, 9.17) is 0 Å². The Hall–Kier alpha value is -3.38. The lowest BCUT2D eigenvalue weighted by Crippen LogP contribution is -2.06. The van der Waals surface area contributed by atoms with E-state index in [0.717, 1.165) is 18.4 Å². The SMILES string of the molecule is C=C(C)c1cccc2c1C(Cc1ccc(-c3ccccc3C3=CC(C)C=C3)cc1)C(CCC)=C2.CC.CC.CC.CCC. The van der Waals surface area contributed by atoms with Crippen LogP contribution in [0.1, 0.15) is 129 Å². The first-order valence-electron chi connectivity index (χ1n) is 17.0. The first kappa shape index (κ1) is 37.6. The van der Waals surface area contributed by atoms with Crippen molar-refractivity contribution in [2.75, 3.05) is 0 Å². The van der Waals surface area contributed by atoms with Gasteiger partial charge in [0, 0.05) is 5.92 Å². The Morgan fingerprint density at radius 2 is 1.37 bits per heavy atom. The second-order valence-electron chi connectivity index (χ2n) is 10.6. The highest BCUT2D eigenvalue weighted by molar-refractivity contribution is 5.87. The Morgan fingerprint density at radius 1 is 0.767 bits per heavy atom. The summed E-state index contributed by atoms with van der Waals surface area (Å²) in [6.45, 7) is 27.2. The highest BCUT2D eigenvalue weighted by atomic mass is 14.3. The number of hydrogen-bond acceptors (Lipinski definition) is 0. The van der Waals surface area contributed by atoms with Gasteiger partial charge >= 0.3 is 0 Å². The van der Waals surface area contributed by atoms with Crippen molar-refractivity contribution < 1.29 is 0 Å². The van der Waals surface area contributed by atoms with Crippen LogP contribution < -0.4 is 0 Å². The number of benzene rings is 3. The normalized spacial score (nSPS) is 15.5. The summed E-state index contributed by atoms with van der Waals surface area (Å²) < 4.78 is 0. The van der Waals surface area contributed by atoms with Gasteiger partial charge in [-0.05, 0) is 70.2 Å². The maximum absolute atomic E-state index is 4.27. The molecule has 0 spiro atoms. The highest BCUT2D eigenvalue weighted by Crippen LogP contribution is 2.44. The van der Waals surface area contributed by atoms with Crippen molar-refractivity contribution >= 4 is 17.2 Å². The summed E-state index contributed by atoms with van der Waals surface area (Å²) in [4.78, 5) is 0. The number of rotatable bonds is 7. The zero-order chi connectivity index (χ0) is 32.4. The summed E-state index contributed by atoms with van der Waals surface area (Å²) in [5, 5.41) is 0. The van der Waals surface area contributed by atoms with Crippen LogP contribution in [0.2, 0.25) is 0 Å². The third kappa shape index (κ3) is 10.1. The Morgan fingerprint density at radius 3 is 1.91 bits per heavy atom. The van der Waals surface area contributed by atoms with E-state index < -0.39 is 0 Å². The molecule has 0 aliphatic heterocycles. The molecule has 0 fully saturated rings. The summed E-state index contributed by atoms with van der Waals surface area (Å²) >= 11 is 0. The summed E-state index contributed by atoms with van der Waals surface area (Å²) in [6.07, 6.45) is 13.9. The van der Waals surface area contributed by atoms with E-state index in [9.17, 15) is 0 Å². The quantitative estimate of drug-likeness (QED) is 0.262. The molecule has 0 heteroatoms. The number of fused-ring (bicyclic) bond motifs is 1. The predicted octanol–water partition coefficient (Wildman–Crippen LogP) is 14.0. The fourth-order valence-corrected chi connectivity index (χ4v) is 5.60. The van der Waals surface area contributed by atoms with Gasteiger partial charge < -0.3 is 0 Å². The van der Waals surface area contributed by atoms with Crippen LogP contribution in [0, 0.1) is 5.92 Å². The van der Waals surface area contributed by atoms with E-state index in [1.54, 1.807) is 5.57 Å². The van der Waals surface area contributed by atoms with Crippen molar-refractivity contribution in [3.05, 3.63) is 125 Å². The molecule has 232 valence electrons. The Bertz CT molecular complexity index is 1330. The number of allylic oxidation sites excluding steroid dienone is 6. The van der Waals surface area contributed by atoms with Crippen LogP contribution in [0.5, 0.6) is 0 Å². The maximum Gasteiger partial charge on any atom is 0.0104 e. The number of hydrogen-bond donors (Lipinski definition) is 0. The molecule has 3 aromatic rings. The smallest absolute Gasteiger partial charge is 0.0104 e. The van der Waals surface area contributed by atoms with Crippen molar-refractivity contribution in [1.29, 1.82) is 0 Å². The van der Waals surface area contributed by atoms with Crippen LogP contribution >= 0.6 is 0 Å². The van der Waals surface area contributed by atoms with Crippen LogP contribution in [0.3, 0.4) is 0 Å². The minimum atomic E-state index is 0.441. The molecule has 0 radical (unpaired) electrons. The van der Waals surface area contributed by atoms with Crippen molar-refractivity contribution in [3.8, 4) is 11.1 Å². The van der Waals surface area contributed by atoms with Gasteiger partial charge in [-0.25, -0.2) is 0 Å².